The van der Waals surface area contributed by atoms with Crippen LogP contribution in [0.25, 0.3) is 0 Å². The van der Waals surface area contributed by atoms with E-state index in [2.05, 4.69) is 26.5 Å². The number of methoxy groups -OCH3 is 2. The van der Waals surface area contributed by atoms with E-state index >= 15 is 0 Å². The lowest BCUT2D eigenvalue weighted by Gasteiger charge is -2.16. The normalized spacial score (nSPS) is 16.5. The third-order valence-electron chi connectivity index (χ3n) is 4.45. The molecule has 28 heavy (non-hydrogen) atoms. The van der Waals surface area contributed by atoms with Crippen LogP contribution < -0.4 is 19.8 Å². The van der Waals surface area contributed by atoms with Crippen LogP contribution in [0, 0.1) is 5.92 Å². The van der Waals surface area contributed by atoms with Crippen LogP contribution in [0.15, 0.2) is 52.0 Å². The monoisotopic (exact) mass is 445 g/mol. The Bertz CT molecular complexity index is 899. The van der Waals surface area contributed by atoms with Gasteiger partial charge >= 0.3 is 0 Å². The first-order valence-electron chi connectivity index (χ1n) is 8.62. The van der Waals surface area contributed by atoms with Gasteiger partial charge in [-0.1, -0.05) is 15.9 Å². The summed E-state index contributed by atoms with van der Waals surface area (Å²) in [6.45, 7) is 0.327. The highest BCUT2D eigenvalue weighted by molar-refractivity contribution is 9.10. The average molecular weight is 446 g/mol. The SMILES string of the molecule is COc1ccc(/C=N\NC(=O)[C@@H]2CC(=O)N(c3ccc(Br)cc3)C2)c(OC)c1. The van der Waals surface area contributed by atoms with E-state index < -0.39 is 5.92 Å². The van der Waals surface area contributed by atoms with E-state index in [0.29, 0.717) is 23.6 Å². The van der Waals surface area contributed by atoms with Crippen molar-refractivity contribution in [2.75, 3.05) is 25.7 Å². The Balaban J connectivity index is 1.62. The van der Waals surface area contributed by atoms with E-state index in [9.17, 15) is 9.59 Å². The molecule has 0 bridgehead atoms. The van der Waals surface area contributed by atoms with Crippen LogP contribution in [0.1, 0.15) is 12.0 Å². The van der Waals surface area contributed by atoms with Gasteiger partial charge in [-0.05, 0) is 36.4 Å². The molecule has 2 amide bonds. The molecule has 1 aliphatic heterocycles. The molecule has 2 aromatic carbocycles. The highest BCUT2D eigenvalue weighted by atomic mass is 79.9. The summed E-state index contributed by atoms with van der Waals surface area (Å²) in [5.41, 5.74) is 3.98. The van der Waals surface area contributed by atoms with Crippen molar-refractivity contribution in [1.82, 2.24) is 5.43 Å². The van der Waals surface area contributed by atoms with E-state index in [-0.39, 0.29) is 18.2 Å². The fourth-order valence-corrected chi connectivity index (χ4v) is 3.20. The number of carbonyl (C=O) groups excluding carboxylic acids is 2. The summed E-state index contributed by atoms with van der Waals surface area (Å²) >= 11 is 3.37. The minimum Gasteiger partial charge on any atom is -0.497 e. The van der Waals surface area contributed by atoms with Crippen molar-refractivity contribution in [3.63, 3.8) is 0 Å². The van der Waals surface area contributed by atoms with Gasteiger partial charge in [0.2, 0.25) is 11.8 Å². The Hall–Kier alpha value is -2.87. The molecule has 0 aliphatic carbocycles. The molecule has 2 aromatic rings. The van der Waals surface area contributed by atoms with Crippen molar-refractivity contribution in [3.8, 4) is 11.5 Å². The molecule has 0 spiro atoms. The van der Waals surface area contributed by atoms with E-state index in [0.717, 1.165) is 10.2 Å². The number of rotatable bonds is 6. The highest BCUT2D eigenvalue weighted by Crippen LogP contribution is 2.26. The van der Waals surface area contributed by atoms with Gasteiger partial charge in [0.15, 0.2) is 0 Å². The van der Waals surface area contributed by atoms with E-state index in [1.54, 1.807) is 37.3 Å². The first-order valence-corrected chi connectivity index (χ1v) is 9.42. The molecule has 1 atom stereocenters. The molecule has 1 N–H and O–H groups in total. The fraction of sp³-hybridized carbons (Fsp3) is 0.250. The van der Waals surface area contributed by atoms with Crippen molar-refractivity contribution in [1.29, 1.82) is 0 Å². The lowest BCUT2D eigenvalue weighted by molar-refractivity contribution is -0.126. The Labute approximate surface area is 171 Å². The van der Waals surface area contributed by atoms with Gasteiger partial charge in [-0.3, -0.25) is 9.59 Å². The first kappa shape index (κ1) is 19.9. The van der Waals surface area contributed by atoms with Gasteiger partial charge in [0, 0.05) is 34.8 Å². The molecule has 1 saturated heterocycles. The second-order valence-electron chi connectivity index (χ2n) is 6.22. The summed E-state index contributed by atoms with van der Waals surface area (Å²) in [6.07, 6.45) is 1.66. The minimum absolute atomic E-state index is 0.0803. The fourth-order valence-electron chi connectivity index (χ4n) is 2.94. The van der Waals surface area contributed by atoms with Gasteiger partial charge in [-0.2, -0.15) is 5.10 Å². The summed E-state index contributed by atoms with van der Waals surface area (Å²) in [6, 6.07) is 12.7. The van der Waals surface area contributed by atoms with Crippen LogP contribution in [-0.2, 0) is 9.59 Å². The molecule has 1 heterocycles. The van der Waals surface area contributed by atoms with E-state index in [1.807, 2.05) is 24.3 Å². The van der Waals surface area contributed by atoms with Gasteiger partial charge in [0.05, 0.1) is 26.4 Å². The predicted octanol–water partition coefficient (Wildman–Crippen LogP) is 2.97. The summed E-state index contributed by atoms with van der Waals surface area (Å²) in [5.74, 6) is 0.413. The molecule has 1 aliphatic rings. The molecule has 1 fully saturated rings. The molecule has 0 unspecified atom stereocenters. The molecule has 146 valence electrons. The quantitative estimate of drug-likeness (QED) is 0.547. The van der Waals surface area contributed by atoms with Gasteiger partial charge in [-0.15, -0.1) is 0 Å². The number of nitrogens with zero attached hydrogens (tertiary/aromatic N) is 2. The Morgan fingerprint density at radius 3 is 2.64 bits per heavy atom. The van der Waals surface area contributed by atoms with Crippen LogP contribution in [0.5, 0.6) is 11.5 Å². The van der Waals surface area contributed by atoms with Crippen molar-refractivity contribution in [2.45, 2.75) is 6.42 Å². The third-order valence-corrected chi connectivity index (χ3v) is 4.98. The molecular weight excluding hydrogens is 426 g/mol. The predicted molar refractivity (Wildman–Crippen MR) is 110 cm³/mol. The number of benzene rings is 2. The molecule has 8 heteroatoms. The maximum Gasteiger partial charge on any atom is 0.245 e. The highest BCUT2D eigenvalue weighted by Gasteiger charge is 2.35. The van der Waals surface area contributed by atoms with Crippen molar-refractivity contribution >= 4 is 39.6 Å². The lowest BCUT2D eigenvalue weighted by Crippen LogP contribution is -2.30. The number of ether oxygens (including phenoxy) is 2. The number of nitrogens with one attached hydrogen (secondary N) is 1. The molecule has 0 radical (unpaired) electrons. The standard InChI is InChI=1S/C20H20BrN3O4/c1-27-17-8-3-13(18(10-17)28-2)11-22-23-20(26)14-9-19(25)24(12-14)16-6-4-15(21)5-7-16/h3-8,10-11,14H,9,12H2,1-2H3,(H,23,26)/b22-11-/t14-/m1/s1. The van der Waals surface area contributed by atoms with Gasteiger partial charge in [-0.25, -0.2) is 5.43 Å². The van der Waals surface area contributed by atoms with Crippen LogP contribution >= 0.6 is 15.9 Å². The van der Waals surface area contributed by atoms with E-state index in [1.165, 1.54) is 6.21 Å². The average Bonchev–Trinajstić information content (AvgIpc) is 3.10. The van der Waals surface area contributed by atoms with Gasteiger partial charge in [0.25, 0.3) is 0 Å². The molecule has 7 nitrogen and oxygen atoms in total. The number of hydrogen-bond acceptors (Lipinski definition) is 5. The zero-order valence-corrected chi connectivity index (χ0v) is 17.1. The Morgan fingerprint density at radius 1 is 1.21 bits per heavy atom. The largest absolute Gasteiger partial charge is 0.497 e. The Morgan fingerprint density at radius 2 is 1.96 bits per heavy atom. The number of carbonyl (C=O) groups is 2. The smallest absolute Gasteiger partial charge is 0.245 e. The van der Waals surface area contributed by atoms with Crippen molar-refractivity contribution in [3.05, 3.63) is 52.5 Å². The van der Waals surface area contributed by atoms with Crippen molar-refractivity contribution in [2.24, 2.45) is 11.0 Å². The molecule has 3 rings (SSSR count). The molecule has 0 saturated carbocycles. The number of anilines is 1. The maximum absolute atomic E-state index is 12.4. The minimum atomic E-state index is -0.453. The second kappa shape index (κ2) is 8.88. The second-order valence-corrected chi connectivity index (χ2v) is 7.14. The summed E-state index contributed by atoms with van der Waals surface area (Å²) in [5, 5.41) is 4.00. The van der Waals surface area contributed by atoms with Crippen LogP contribution in [-0.4, -0.2) is 38.8 Å². The topological polar surface area (TPSA) is 80.2 Å². The van der Waals surface area contributed by atoms with Crippen LogP contribution in [0.2, 0.25) is 0 Å². The zero-order chi connectivity index (χ0) is 20.1. The maximum atomic E-state index is 12.4. The number of hydrogen-bond donors (Lipinski definition) is 1. The number of halogens is 1. The van der Waals surface area contributed by atoms with Gasteiger partial charge in [0.1, 0.15) is 11.5 Å². The molecule has 0 aromatic heterocycles. The zero-order valence-electron chi connectivity index (χ0n) is 15.5. The first-order chi connectivity index (χ1) is 13.5. The summed E-state index contributed by atoms with van der Waals surface area (Å²) in [4.78, 5) is 26.3. The van der Waals surface area contributed by atoms with Gasteiger partial charge < -0.3 is 14.4 Å². The third kappa shape index (κ3) is 4.51. The van der Waals surface area contributed by atoms with Crippen LogP contribution in [0.4, 0.5) is 5.69 Å². The van der Waals surface area contributed by atoms with Crippen molar-refractivity contribution < 1.29 is 19.1 Å². The Kier molecular flexibility index (Phi) is 6.30. The van der Waals surface area contributed by atoms with Crippen LogP contribution in [0.3, 0.4) is 0 Å². The molecular formula is C20H20BrN3O4. The number of hydrazone groups is 1. The number of amides is 2. The summed E-state index contributed by atoms with van der Waals surface area (Å²) < 4.78 is 11.4. The lowest BCUT2D eigenvalue weighted by atomic mass is 10.1. The summed E-state index contributed by atoms with van der Waals surface area (Å²) in [7, 11) is 3.12. The van der Waals surface area contributed by atoms with E-state index in [4.69, 9.17) is 9.47 Å².